The SMILES string of the molecule is COC1=CC(=O)[C@H]2O[C@H]2[C@H]1O. The van der Waals surface area contributed by atoms with Crippen LogP contribution in [-0.2, 0) is 14.3 Å². The van der Waals surface area contributed by atoms with Gasteiger partial charge < -0.3 is 14.6 Å². The molecule has 1 heterocycles. The summed E-state index contributed by atoms with van der Waals surface area (Å²) in [6.45, 7) is 0. The zero-order chi connectivity index (χ0) is 8.01. The topological polar surface area (TPSA) is 59.1 Å². The molecule has 0 saturated carbocycles. The van der Waals surface area contributed by atoms with E-state index in [1.807, 2.05) is 0 Å². The Balaban J connectivity index is 2.25. The first-order valence-corrected chi connectivity index (χ1v) is 3.37. The van der Waals surface area contributed by atoms with Crippen LogP contribution in [0.1, 0.15) is 0 Å². The van der Waals surface area contributed by atoms with Gasteiger partial charge in [0.1, 0.15) is 24.1 Å². The number of fused-ring (bicyclic) bond motifs is 1. The molecule has 0 aromatic heterocycles. The number of ether oxygens (including phenoxy) is 2. The summed E-state index contributed by atoms with van der Waals surface area (Å²) in [6.07, 6.45) is -0.243. The zero-order valence-electron chi connectivity index (χ0n) is 5.98. The lowest BCUT2D eigenvalue weighted by atomic mass is 10.0. The van der Waals surface area contributed by atoms with Gasteiger partial charge in [-0.05, 0) is 0 Å². The summed E-state index contributed by atoms with van der Waals surface area (Å²) in [5.41, 5.74) is 0. The third-order valence-electron chi connectivity index (χ3n) is 1.93. The Morgan fingerprint density at radius 3 is 3.09 bits per heavy atom. The van der Waals surface area contributed by atoms with Crippen molar-refractivity contribution in [3.8, 4) is 0 Å². The molecule has 1 fully saturated rings. The third-order valence-corrected chi connectivity index (χ3v) is 1.93. The highest BCUT2D eigenvalue weighted by Crippen LogP contribution is 2.34. The smallest absolute Gasteiger partial charge is 0.190 e. The number of hydrogen-bond acceptors (Lipinski definition) is 4. The summed E-state index contributed by atoms with van der Waals surface area (Å²) in [4.78, 5) is 11.0. The first-order chi connectivity index (χ1) is 5.24. The molecule has 0 radical (unpaired) electrons. The fourth-order valence-corrected chi connectivity index (χ4v) is 1.24. The average Bonchev–Trinajstić information content (AvgIpc) is 2.75. The molecule has 0 unspecified atom stereocenters. The van der Waals surface area contributed by atoms with Gasteiger partial charge in [-0.25, -0.2) is 0 Å². The van der Waals surface area contributed by atoms with Crippen LogP contribution in [0.2, 0.25) is 0 Å². The van der Waals surface area contributed by atoms with E-state index >= 15 is 0 Å². The number of epoxide rings is 1. The number of rotatable bonds is 1. The number of carbonyl (C=O) groups excluding carboxylic acids is 1. The summed E-state index contributed by atoms with van der Waals surface area (Å²) >= 11 is 0. The molecule has 1 N–H and O–H groups in total. The lowest BCUT2D eigenvalue weighted by Gasteiger charge is -2.13. The molecule has 0 bridgehead atoms. The molecule has 60 valence electrons. The first kappa shape index (κ1) is 6.82. The monoisotopic (exact) mass is 156 g/mol. The lowest BCUT2D eigenvalue weighted by Crippen LogP contribution is -2.28. The minimum atomic E-state index is -0.761. The number of methoxy groups -OCH3 is 1. The highest BCUT2D eigenvalue weighted by atomic mass is 16.6. The third kappa shape index (κ3) is 0.868. The molecule has 1 aliphatic heterocycles. The Labute approximate surface area is 63.4 Å². The van der Waals surface area contributed by atoms with E-state index in [2.05, 4.69) is 0 Å². The number of aliphatic hydroxyl groups excluding tert-OH is 1. The van der Waals surface area contributed by atoms with Crippen LogP contribution in [0.25, 0.3) is 0 Å². The molecule has 2 rings (SSSR count). The van der Waals surface area contributed by atoms with E-state index in [0.717, 1.165) is 0 Å². The molecule has 0 aromatic carbocycles. The normalized spacial score (nSPS) is 41.1. The molecule has 0 spiro atoms. The van der Waals surface area contributed by atoms with Crippen LogP contribution in [0.4, 0.5) is 0 Å². The Kier molecular flexibility index (Phi) is 1.27. The van der Waals surface area contributed by atoms with Crippen LogP contribution in [0.5, 0.6) is 0 Å². The largest absolute Gasteiger partial charge is 0.498 e. The lowest BCUT2D eigenvalue weighted by molar-refractivity contribution is -0.116. The highest BCUT2D eigenvalue weighted by molar-refractivity contribution is 5.97. The van der Waals surface area contributed by atoms with Crippen LogP contribution < -0.4 is 0 Å². The van der Waals surface area contributed by atoms with Gasteiger partial charge in [0, 0.05) is 6.08 Å². The van der Waals surface area contributed by atoms with Crippen molar-refractivity contribution in [1.82, 2.24) is 0 Å². The molecule has 2 aliphatic rings. The van der Waals surface area contributed by atoms with Gasteiger partial charge in [-0.15, -0.1) is 0 Å². The van der Waals surface area contributed by atoms with Crippen LogP contribution in [0.3, 0.4) is 0 Å². The van der Waals surface area contributed by atoms with Gasteiger partial charge in [0.05, 0.1) is 7.11 Å². The maximum atomic E-state index is 11.0. The van der Waals surface area contributed by atoms with E-state index in [-0.39, 0.29) is 11.9 Å². The predicted octanol–water partition coefficient (Wildman–Crippen LogP) is -0.772. The van der Waals surface area contributed by atoms with Crippen molar-refractivity contribution in [3.63, 3.8) is 0 Å². The van der Waals surface area contributed by atoms with Gasteiger partial charge in [0.2, 0.25) is 0 Å². The van der Waals surface area contributed by atoms with E-state index in [4.69, 9.17) is 9.47 Å². The van der Waals surface area contributed by atoms with Crippen molar-refractivity contribution >= 4 is 5.78 Å². The van der Waals surface area contributed by atoms with Gasteiger partial charge in [0.15, 0.2) is 5.78 Å². The Morgan fingerprint density at radius 1 is 1.73 bits per heavy atom. The van der Waals surface area contributed by atoms with Crippen molar-refractivity contribution in [2.24, 2.45) is 0 Å². The minimum absolute atomic E-state index is 0.114. The molecule has 4 nitrogen and oxygen atoms in total. The van der Waals surface area contributed by atoms with E-state index in [0.29, 0.717) is 5.76 Å². The molecule has 4 heteroatoms. The summed E-state index contributed by atoms with van der Waals surface area (Å²) in [7, 11) is 1.42. The van der Waals surface area contributed by atoms with Crippen molar-refractivity contribution < 1.29 is 19.4 Å². The number of hydrogen-bond donors (Lipinski definition) is 1. The number of aliphatic hydroxyl groups is 1. The fourth-order valence-electron chi connectivity index (χ4n) is 1.24. The molecular formula is C7H8O4. The zero-order valence-corrected chi connectivity index (χ0v) is 5.98. The van der Waals surface area contributed by atoms with Crippen LogP contribution in [0.15, 0.2) is 11.8 Å². The molecule has 1 saturated heterocycles. The Hall–Kier alpha value is -0.870. The van der Waals surface area contributed by atoms with Crippen molar-refractivity contribution in [2.45, 2.75) is 18.3 Å². The molecule has 1 aliphatic carbocycles. The van der Waals surface area contributed by atoms with Crippen molar-refractivity contribution in [1.29, 1.82) is 0 Å². The second-order valence-corrected chi connectivity index (χ2v) is 2.62. The maximum absolute atomic E-state index is 11.0. The van der Waals surface area contributed by atoms with Gasteiger partial charge >= 0.3 is 0 Å². The van der Waals surface area contributed by atoms with E-state index in [1.165, 1.54) is 13.2 Å². The van der Waals surface area contributed by atoms with Crippen LogP contribution >= 0.6 is 0 Å². The molecular weight excluding hydrogens is 148 g/mol. The Bertz CT molecular complexity index is 233. The van der Waals surface area contributed by atoms with Crippen molar-refractivity contribution in [2.75, 3.05) is 7.11 Å². The van der Waals surface area contributed by atoms with Crippen LogP contribution in [0, 0.1) is 0 Å². The van der Waals surface area contributed by atoms with Crippen molar-refractivity contribution in [3.05, 3.63) is 11.8 Å². The standard InChI is InChI=1S/C7H8O4/c1-10-4-2-3(8)6-7(11-6)5(4)9/h2,5-7,9H,1H3/t5-,6+,7-/m0/s1. The average molecular weight is 156 g/mol. The van der Waals surface area contributed by atoms with E-state index in [9.17, 15) is 9.90 Å². The summed E-state index contributed by atoms with van der Waals surface area (Å²) < 4.78 is 9.68. The van der Waals surface area contributed by atoms with Gasteiger partial charge in [-0.1, -0.05) is 0 Å². The second-order valence-electron chi connectivity index (χ2n) is 2.62. The molecule has 11 heavy (non-hydrogen) atoms. The van der Waals surface area contributed by atoms with E-state index < -0.39 is 12.2 Å². The highest BCUT2D eigenvalue weighted by Gasteiger charge is 2.53. The van der Waals surface area contributed by atoms with Gasteiger partial charge in [-0.3, -0.25) is 4.79 Å². The number of carbonyl (C=O) groups is 1. The minimum Gasteiger partial charge on any atom is -0.498 e. The van der Waals surface area contributed by atoms with Crippen LogP contribution in [-0.4, -0.2) is 36.3 Å². The summed E-state index contributed by atoms with van der Waals surface area (Å²) in [5.74, 6) is 0.186. The maximum Gasteiger partial charge on any atom is 0.190 e. The quantitative estimate of drug-likeness (QED) is 0.506. The summed E-state index contributed by atoms with van der Waals surface area (Å²) in [6, 6.07) is 0. The van der Waals surface area contributed by atoms with Gasteiger partial charge in [0.25, 0.3) is 0 Å². The summed E-state index contributed by atoms with van der Waals surface area (Å²) in [5, 5.41) is 9.33. The number of ketones is 1. The van der Waals surface area contributed by atoms with E-state index in [1.54, 1.807) is 0 Å². The second kappa shape index (κ2) is 2.06. The first-order valence-electron chi connectivity index (χ1n) is 3.37. The molecule has 0 aromatic rings. The Morgan fingerprint density at radius 2 is 2.45 bits per heavy atom. The predicted molar refractivity (Wildman–Crippen MR) is 34.8 cm³/mol. The fraction of sp³-hybridized carbons (Fsp3) is 0.571. The molecule has 3 atom stereocenters. The van der Waals surface area contributed by atoms with Gasteiger partial charge in [-0.2, -0.15) is 0 Å². The molecule has 0 amide bonds.